The number of hydrogen-bond acceptors (Lipinski definition) is 1. The van der Waals surface area contributed by atoms with E-state index in [-0.39, 0.29) is 5.91 Å². The normalized spacial score (nSPS) is 15.2. The highest BCUT2D eigenvalue weighted by atomic mass is 16.1. The topological polar surface area (TPSA) is 29.4 Å². The van der Waals surface area contributed by atoms with Crippen LogP contribution >= 0.6 is 0 Å². The molecule has 1 aromatic carbocycles. The van der Waals surface area contributed by atoms with Crippen molar-refractivity contribution in [1.82, 2.24) is 0 Å². The summed E-state index contributed by atoms with van der Waals surface area (Å²) in [5, 5.41) is 0. The molecule has 0 aliphatic carbocycles. The maximum absolute atomic E-state index is 11.5. The van der Waals surface area contributed by atoms with Gasteiger partial charge in [0.1, 0.15) is 0 Å². The summed E-state index contributed by atoms with van der Waals surface area (Å²) in [6.45, 7) is 2.03. The van der Waals surface area contributed by atoms with Gasteiger partial charge in [-0.05, 0) is 18.1 Å². The predicted molar refractivity (Wildman–Crippen MR) is 52.2 cm³/mol. The maximum atomic E-state index is 11.5. The number of benzene rings is 1. The molecule has 1 amide bonds. The lowest BCUT2D eigenvalue weighted by Crippen LogP contribution is -2.15. The Hall–Kier alpha value is -1.44. The zero-order valence-electron chi connectivity index (χ0n) is 7.58. The van der Waals surface area contributed by atoms with Crippen LogP contribution in [0.25, 0.3) is 0 Å². The van der Waals surface area contributed by atoms with E-state index in [1.807, 2.05) is 31.2 Å². The Morgan fingerprint density at radius 3 is 2.92 bits per heavy atom. The molecule has 1 aliphatic heterocycles. The van der Waals surface area contributed by atoms with Gasteiger partial charge in [0, 0.05) is 17.7 Å². The van der Waals surface area contributed by atoms with Gasteiger partial charge in [0.2, 0.25) is 0 Å². The monoisotopic (exact) mass is 173 g/mol. The number of fused-ring (bicyclic) bond motifs is 1. The van der Waals surface area contributed by atoms with Crippen LogP contribution in [0.4, 0.5) is 0 Å². The van der Waals surface area contributed by atoms with Crippen LogP contribution in [0, 0.1) is 0 Å². The number of carbonyl (C=O) groups is 1. The Kier molecular flexibility index (Phi) is 1.97. The first kappa shape index (κ1) is 8.17. The van der Waals surface area contributed by atoms with E-state index in [0.717, 1.165) is 29.7 Å². The van der Waals surface area contributed by atoms with Crippen molar-refractivity contribution in [3.63, 3.8) is 0 Å². The van der Waals surface area contributed by atoms with E-state index in [1.54, 1.807) is 0 Å². The van der Waals surface area contributed by atoms with Crippen molar-refractivity contribution in [3.05, 3.63) is 35.4 Å². The lowest BCUT2D eigenvalue weighted by molar-refractivity contribution is 0.1000. The number of nitrogens with zero attached hydrogens (tertiary/aromatic N) is 1. The second-order valence-corrected chi connectivity index (χ2v) is 3.17. The average Bonchev–Trinajstić information content (AvgIpc) is 2.18. The Morgan fingerprint density at radius 2 is 2.15 bits per heavy atom. The molecule has 0 radical (unpaired) electrons. The van der Waals surface area contributed by atoms with Gasteiger partial charge in [-0.2, -0.15) is 0 Å². The molecule has 0 saturated carbocycles. The van der Waals surface area contributed by atoms with E-state index < -0.39 is 0 Å². The number of amides is 1. The molecule has 0 saturated heterocycles. The van der Waals surface area contributed by atoms with Gasteiger partial charge in [-0.1, -0.05) is 25.1 Å². The Balaban J connectivity index is 2.46. The molecule has 0 aromatic heterocycles. The SMILES string of the molecule is CCC1=NC(=O)c2ccccc2C1. The number of aliphatic imine (C=N–C) groups is 1. The molecule has 2 heteroatoms. The molecule has 0 N–H and O–H groups in total. The van der Waals surface area contributed by atoms with Crippen LogP contribution in [0.2, 0.25) is 0 Å². The molecule has 0 unspecified atom stereocenters. The van der Waals surface area contributed by atoms with E-state index in [0.29, 0.717) is 0 Å². The van der Waals surface area contributed by atoms with Crippen LogP contribution in [-0.4, -0.2) is 11.6 Å². The summed E-state index contributed by atoms with van der Waals surface area (Å²) in [5.74, 6) is -0.0845. The molecule has 0 fully saturated rings. The number of hydrogen-bond donors (Lipinski definition) is 0. The highest BCUT2D eigenvalue weighted by Crippen LogP contribution is 2.17. The van der Waals surface area contributed by atoms with Gasteiger partial charge < -0.3 is 0 Å². The van der Waals surface area contributed by atoms with Crippen molar-refractivity contribution >= 4 is 11.6 Å². The second kappa shape index (κ2) is 3.13. The van der Waals surface area contributed by atoms with Crippen molar-refractivity contribution in [1.29, 1.82) is 0 Å². The van der Waals surface area contributed by atoms with Crippen LogP contribution in [0.15, 0.2) is 29.3 Å². The van der Waals surface area contributed by atoms with Crippen molar-refractivity contribution in [2.75, 3.05) is 0 Å². The molecule has 2 nitrogen and oxygen atoms in total. The van der Waals surface area contributed by atoms with Gasteiger partial charge in [-0.25, -0.2) is 4.99 Å². The summed E-state index contributed by atoms with van der Waals surface area (Å²) < 4.78 is 0. The molecule has 1 aromatic rings. The van der Waals surface area contributed by atoms with E-state index in [1.165, 1.54) is 0 Å². The predicted octanol–water partition coefficient (Wildman–Crippen LogP) is 2.23. The lowest BCUT2D eigenvalue weighted by atomic mass is 9.97. The Labute approximate surface area is 77.3 Å². The minimum absolute atomic E-state index is 0.0845. The van der Waals surface area contributed by atoms with Crippen LogP contribution in [0.5, 0.6) is 0 Å². The van der Waals surface area contributed by atoms with Crippen molar-refractivity contribution in [2.45, 2.75) is 19.8 Å². The first-order chi connectivity index (χ1) is 6.31. The zero-order valence-corrected chi connectivity index (χ0v) is 7.58. The van der Waals surface area contributed by atoms with Gasteiger partial charge in [-0.3, -0.25) is 4.79 Å². The molecule has 1 aliphatic rings. The van der Waals surface area contributed by atoms with E-state index in [2.05, 4.69) is 4.99 Å². The van der Waals surface area contributed by atoms with Crippen molar-refractivity contribution in [3.8, 4) is 0 Å². The molecule has 0 spiro atoms. The summed E-state index contributed by atoms with van der Waals surface area (Å²) in [7, 11) is 0. The molecule has 2 rings (SSSR count). The molecule has 1 heterocycles. The third-order valence-corrected chi connectivity index (χ3v) is 2.31. The molecule has 66 valence electrons. The molecule has 0 bridgehead atoms. The molecular formula is C11H11NO. The quantitative estimate of drug-likeness (QED) is 0.640. The highest BCUT2D eigenvalue weighted by molar-refractivity contribution is 6.08. The minimum atomic E-state index is -0.0845. The van der Waals surface area contributed by atoms with Gasteiger partial charge >= 0.3 is 0 Å². The van der Waals surface area contributed by atoms with E-state index in [9.17, 15) is 4.79 Å². The summed E-state index contributed by atoms with van der Waals surface area (Å²) >= 11 is 0. The molecular weight excluding hydrogens is 162 g/mol. The molecule has 0 atom stereocenters. The van der Waals surface area contributed by atoms with Crippen molar-refractivity contribution < 1.29 is 4.79 Å². The van der Waals surface area contributed by atoms with Crippen LogP contribution < -0.4 is 0 Å². The van der Waals surface area contributed by atoms with Gasteiger partial charge in [0.05, 0.1) is 0 Å². The standard InChI is InChI=1S/C11H11NO/c1-2-9-7-8-5-3-4-6-10(8)11(13)12-9/h3-6H,2,7H2,1H3. The summed E-state index contributed by atoms with van der Waals surface area (Å²) in [6, 6.07) is 7.68. The van der Waals surface area contributed by atoms with E-state index >= 15 is 0 Å². The zero-order chi connectivity index (χ0) is 9.26. The lowest BCUT2D eigenvalue weighted by Gasteiger charge is -2.12. The highest BCUT2D eigenvalue weighted by Gasteiger charge is 2.16. The summed E-state index contributed by atoms with van der Waals surface area (Å²) in [5.41, 5.74) is 2.86. The van der Waals surface area contributed by atoms with Crippen LogP contribution in [0.3, 0.4) is 0 Å². The van der Waals surface area contributed by atoms with E-state index in [4.69, 9.17) is 0 Å². The fourth-order valence-electron chi connectivity index (χ4n) is 1.55. The first-order valence-electron chi connectivity index (χ1n) is 4.50. The maximum Gasteiger partial charge on any atom is 0.277 e. The second-order valence-electron chi connectivity index (χ2n) is 3.17. The van der Waals surface area contributed by atoms with Crippen LogP contribution in [-0.2, 0) is 6.42 Å². The smallest absolute Gasteiger partial charge is 0.267 e. The van der Waals surface area contributed by atoms with Gasteiger partial charge in [0.25, 0.3) is 5.91 Å². The van der Waals surface area contributed by atoms with Gasteiger partial charge in [0.15, 0.2) is 0 Å². The number of rotatable bonds is 1. The Morgan fingerprint density at radius 1 is 1.38 bits per heavy atom. The third-order valence-electron chi connectivity index (χ3n) is 2.31. The Bertz CT molecular complexity index is 379. The van der Waals surface area contributed by atoms with Crippen LogP contribution in [0.1, 0.15) is 29.3 Å². The number of carbonyl (C=O) groups excluding carboxylic acids is 1. The summed E-state index contributed by atoms with van der Waals surface area (Å²) in [4.78, 5) is 15.5. The first-order valence-corrected chi connectivity index (χ1v) is 4.50. The fourth-order valence-corrected chi connectivity index (χ4v) is 1.55. The fraction of sp³-hybridized carbons (Fsp3) is 0.273. The average molecular weight is 173 g/mol. The largest absolute Gasteiger partial charge is 0.277 e. The summed E-state index contributed by atoms with van der Waals surface area (Å²) in [6.07, 6.45) is 1.69. The minimum Gasteiger partial charge on any atom is -0.267 e. The third kappa shape index (κ3) is 1.39. The molecule has 13 heavy (non-hydrogen) atoms. The van der Waals surface area contributed by atoms with Gasteiger partial charge in [-0.15, -0.1) is 0 Å². The van der Waals surface area contributed by atoms with Crippen molar-refractivity contribution in [2.24, 2.45) is 4.99 Å².